The number of ether oxygens (including phenoxy) is 1. The fourth-order valence-electron chi connectivity index (χ4n) is 3.36. The molecule has 0 bridgehead atoms. The smallest absolute Gasteiger partial charge is 0.341 e. The van der Waals surface area contributed by atoms with Crippen LogP contribution in [0.4, 0.5) is 14.5 Å². The third-order valence-electron chi connectivity index (χ3n) is 4.85. The van der Waals surface area contributed by atoms with Gasteiger partial charge in [0.05, 0.1) is 16.7 Å². The zero-order chi connectivity index (χ0) is 20.9. The lowest BCUT2D eigenvalue weighted by Gasteiger charge is -2.14. The van der Waals surface area contributed by atoms with Crippen LogP contribution in [0.5, 0.6) is 5.75 Å². The Hall–Kier alpha value is -2.48. The molecule has 156 valence electrons. The number of hydrogen-bond donors (Lipinski definition) is 1. The van der Waals surface area contributed by atoms with E-state index in [1.807, 2.05) is 24.3 Å². The van der Waals surface area contributed by atoms with Gasteiger partial charge >= 0.3 is 5.76 Å². The maximum Gasteiger partial charge on any atom is 0.341 e. The Bertz CT molecular complexity index is 957. The molecule has 2 aromatic rings. The van der Waals surface area contributed by atoms with Gasteiger partial charge in [0.1, 0.15) is 5.75 Å². The van der Waals surface area contributed by atoms with Crippen LogP contribution < -0.4 is 10.1 Å². The summed E-state index contributed by atoms with van der Waals surface area (Å²) in [5.41, 5.74) is 0.764. The minimum Gasteiger partial charge on any atom is -0.490 e. The lowest BCUT2D eigenvalue weighted by Crippen LogP contribution is -2.18. The fourth-order valence-corrected chi connectivity index (χ4v) is 4.24. The molecule has 1 fully saturated rings. The predicted octanol–water partition coefficient (Wildman–Crippen LogP) is 4.58. The number of sulfone groups is 1. The Labute approximate surface area is 169 Å². The fraction of sp³-hybridized carbons (Fsp3) is 0.381. The van der Waals surface area contributed by atoms with Crippen molar-refractivity contribution in [2.45, 2.75) is 55.3 Å². The summed E-state index contributed by atoms with van der Waals surface area (Å²) < 4.78 is 55.2. The van der Waals surface area contributed by atoms with Crippen molar-refractivity contribution in [3.05, 3.63) is 54.1 Å². The largest absolute Gasteiger partial charge is 0.490 e. The molecule has 1 aliphatic carbocycles. The van der Waals surface area contributed by atoms with E-state index in [-0.39, 0.29) is 18.2 Å². The molecule has 1 N–H and O–H groups in total. The van der Waals surface area contributed by atoms with E-state index in [9.17, 15) is 22.0 Å². The van der Waals surface area contributed by atoms with Crippen LogP contribution in [0.25, 0.3) is 0 Å². The van der Waals surface area contributed by atoms with Crippen molar-refractivity contribution in [2.75, 3.05) is 5.32 Å². The summed E-state index contributed by atoms with van der Waals surface area (Å²) in [5.74, 6) is -3.24. The van der Waals surface area contributed by atoms with Crippen LogP contribution in [0, 0.1) is 0 Å². The first-order chi connectivity index (χ1) is 13.9. The second kappa shape index (κ2) is 9.35. The zero-order valence-corrected chi connectivity index (χ0v) is 16.6. The number of alkyl halides is 2. The first-order valence-corrected chi connectivity index (χ1v) is 11.1. The zero-order valence-electron chi connectivity index (χ0n) is 15.8. The van der Waals surface area contributed by atoms with Gasteiger partial charge in [-0.2, -0.15) is 8.78 Å². The van der Waals surface area contributed by atoms with E-state index < -0.39 is 26.4 Å². The van der Waals surface area contributed by atoms with Gasteiger partial charge in [-0.3, -0.25) is 4.79 Å². The second-order valence-electron chi connectivity index (χ2n) is 7.02. The number of rotatable bonds is 8. The molecule has 29 heavy (non-hydrogen) atoms. The monoisotopic (exact) mass is 423 g/mol. The van der Waals surface area contributed by atoms with Crippen molar-refractivity contribution in [2.24, 2.45) is 0 Å². The van der Waals surface area contributed by atoms with Crippen molar-refractivity contribution in [1.29, 1.82) is 0 Å². The van der Waals surface area contributed by atoms with Gasteiger partial charge in [-0.25, -0.2) is 8.42 Å². The van der Waals surface area contributed by atoms with Crippen LogP contribution in [0.1, 0.15) is 37.7 Å². The van der Waals surface area contributed by atoms with Crippen LogP contribution in [0.2, 0.25) is 0 Å². The Balaban J connectivity index is 1.61. The van der Waals surface area contributed by atoms with Crippen LogP contribution in [0.15, 0.2) is 53.4 Å². The average molecular weight is 423 g/mol. The van der Waals surface area contributed by atoms with Crippen LogP contribution in [0.3, 0.4) is 0 Å². The molecule has 0 atom stereocenters. The quantitative estimate of drug-likeness (QED) is 0.675. The van der Waals surface area contributed by atoms with E-state index in [1.165, 1.54) is 31.0 Å². The first kappa shape index (κ1) is 21.2. The van der Waals surface area contributed by atoms with E-state index >= 15 is 0 Å². The number of amides is 1. The molecular weight excluding hydrogens is 400 g/mol. The molecule has 0 spiro atoms. The highest BCUT2D eigenvalue weighted by molar-refractivity contribution is 7.91. The molecule has 1 saturated carbocycles. The maximum atomic E-state index is 12.9. The number of hydrogen-bond acceptors (Lipinski definition) is 4. The average Bonchev–Trinajstić information content (AvgIpc) is 3.20. The molecule has 1 aliphatic rings. The Morgan fingerprint density at radius 3 is 2.55 bits per heavy atom. The maximum absolute atomic E-state index is 12.9. The van der Waals surface area contributed by atoms with Crippen LogP contribution in [-0.2, 0) is 21.1 Å². The number of aryl methyl sites for hydroxylation is 1. The number of nitrogens with one attached hydrogen (secondary N) is 1. The molecule has 0 saturated heterocycles. The molecule has 0 aliphatic heterocycles. The standard InChI is InChI=1S/C21H23F2NO4S/c22-21(23)29(26,27)19-11-4-3-10-18(19)24-20(25)13-12-15-6-5-9-17(14-15)28-16-7-1-2-8-16/h3-6,9-11,14,16,21H,1-2,7-8,12-13H2,(H,24,25). The van der Waals surface area contributed by atoms with Gasteiger partial charge < -0.3 is 10.1 Å². The van der Waals surface area contributed by atoms with E-state index in [4.69, 9.17) is 4.74 Å². The Morgan fingerprint density at radius 1 is 1.10 bits per heavy atom. The minimum atomic E-state index is -4.80. The topological polar surface area (TPSA) is 72.5 Å². The number of para-hydroxylation sites is 1. The molecule has 5 nitrogen and oxygen atoms in total. The minimum absolute atomic E-state index is 0.0793. The predicted molar refractivity (Wildman–Crippen MR) is 106 cm³/mol. The molecule has 2 aromatic carbocycles. The summed E-state index contributed by atoms with van der Waals surface area (Å²) in [7, 11) is -4.80. The molecule has 0 radical (unpaired) electrons. The van der Waals surface area contributed by atoms with Crippen molar-refractivity contribution in [1.82, 2.24) is 0 Å². The van der Waals surface area contributed by atoms with Gasteiger partial charge in [-0.05, 0) is 61.9 Å². The molecule has 0 unspecified atom stereocenters. The third kappa shape index (κ3) is 5.53. The third-order valence-corrected chi connectivity index (χ3v) is 6.28. The van der Waals surface area contributed by atoms with E-state index in [2.05, 4.69) is 5.32 Å². The van der Waals surface area contributed by atoms with E-state index in [0.29, 0.717) is 6.42 Å². The summed E-state index contributed by atoms with van der Waals surface area (Å²) in [5, 5.41) is 2.43. The number of carbonyl (C=O) groups excluding carboxylic acids is 1. The van der Waals surface area contributed by atoms with Gasteiger partial charge in [0, 0.05) is 6.42 Å². The number of carbonyl (C=O) groups is 1. The second-order valence-corrected chi connectivity index (χ2v) is 8.91. The van der Waals surface area contributed by atoms with Gasteiger partial charge in [-0.1, -0.05) is 24.3 Å². The molecule has 1 amide bonds. The SMILES string of the molecule is O=C(CCc1cccc(OC2CCCC2)c1)Nc1ccccc1S(=O)(=O)C(F)F. The highest BCUT2D eigenvalue weighted by atomic mass is 32.2. The van der Waals surface area contributed by atoms with Crippen molar-refractivity contribution >= 4 is 21.4 Å². The number of halogens is 2. The molecule has 3 rings (SSSR count). The molecule has 8 heteroatoms. The number of anilines is 1. The summed E-state index contributed by atoms with van der Waals surface area (Å²) in [6.45, 7) is 0. The van der Waals surface area contributed by atoms with Gasteiger partial charge in [-0.15, -0.1) is 0 Å². The summed E-state index contributed by atoms with van der Waals surface area (Å²) in [6, 6.07) is 12.7. The highest BCUT2D eigenvalue weighted by Gasteiger charge is 2.29. The normalized spacial score (nSPS) is 14.9. The first-order valence-electron chi connectivity index (χ1n) is 9.53. The van der Waals surface area contributed by atoms with Gasteiger partial charge in [0.2, 0.25) is 15.7 Å². The van der Waals surface area contributed by atoms with Crippen molar-refractivity contribution in [3.63, 3.8) is 0 Å². The van der Waals surface area contributed by atoms with Crippen molar-refractivity contribution < 1.29 is 26.7 Å². The van der Waals surface area contributed by atoms with Gasteiger partial charge in [0.15, 0.2) is 0 Å². The van der Waals surface area contributed by atoms with Gasteiger partial charge in [0.25, 0.3) is 0 Å². The summed E-state index contributed by atoms with van der Waals surface area (Å²) >= 11 is 0. The van der Waals surface area contributed by atoms with Crippen molar-refractivity contribution in [3.8, 4) is 5.75 Å². The highest BCUT2D eigenvalue weighted by Crippen LogP contribution is 2.27. The molecule has 0 aromatic heterocycles. The lowest BCUT2D eigenvalue weighted by molar-refractivity contribution is -0.116. The van der Waals surface area contributed by atoms with E-state index in [0.717, 1.165) is 30.2 Å². The summed E-state index contributed by atoms with van der Waals surface area (Å²) in [4.78, 5) is 11.7. The van der Waals surface area contributed by atoms with Crippen LogP contribution in [-0.4, -0.2) is 26.2 Å². The van der Waals surface area contributed by atoms with Crippen LogP contribution >= 0.6 is 0 Å². The molecule has 0 heterocycles. The summed E-state index contributed by atoms with van der Waals surface area (Å²) in [6.07, 6.45) is 5.18. The van der Waals surface area contributed by atoms with E-state index in [1.54, 1.807) is 0 Å². The lowest BCUT2D eigenvalue weighted by atomic mass is 10.1. The Kier molecular flexibility index (Phi) is 6.84. The Morgan fingerprint density at radius 2 is 1.83 bits per heavy atom. The molecular formula is C21H23F2NO4S. The number of benzene rings is 2.